The van der Waals surface area contributed by atoms with E-state index >= 15 is 0 Å². The number of fused-ring (bicyclic) bond motifs is 1. The monoisotopic (exact) mass is 320 g/mol. The predicted octanol–water partition coefficient (Wildman–Crippen LogP) is 3.38. The molecule has 0 aliphatic heterocycles. The highest BCUT2D eigenvalue weighted by molar-refractivity contribution is 6.36. The molecule has 106 valence electrons. The van der Waals surface area contributed by atoms with E-state index in [1.807, 2.05) is 24.3 Å². The highest BCUT2D eigenvalue weighted by atomic mass is 35.5. The standard InChI is InChI=1S/C14H10Cl2N4O/c15-9-5-6-11(10(16)7-9)17-14(21)8-20-13-4-2-1-3-12(13)18-19-20/h1-7H,8H2,(H,17,21). The number of amides is 1. The van der Waals surface area contributed by atoms with Crippen molar-refractivity contribution >= 4 is 45.8 Å². The predicted molar refractivity (Wildman–Crippen MR) is 82.6 cm³/mol. The molecule has 0 saturated heterocycles. The van der Waals surface area contributed by atoms with Crippen molar-refractivity contribution in [3.63, 3.8) is 0 Å². The van der Waals surface area contributed by atoms with Crippen LogP contribution in [0.1, 0.15) is 0 Å². The summed E-state index contributed by atoms with van der Waals surface area (Å²) in [6, 6.07) is 12.3. The minimum absolute atomic E-state index is 0.0550. The zero-order chi connectivity index (χ0) is 14.8. The van der Waals surface area contributed by atoms with Gasteiger partial charge in [-0.1, -0.05) is 40.5 Å². The van der Waals surface area contributed by atoms with Gasteiger partial charge in [0.25, 0.3) is 0 Å². The molecule has 7 heteroatoms. The number of hydrogen-bond acceptors (Lipinski definition) is 3. The van der Waals surface area contributed by atoms with Gasteiger partial charge in [0.15, 0.2) is 0 Å². The number of benzene rings is 2. The molecule has 1 aromatic heterocycles. The molecule has 0 spiro atoms. The topological polar surface area (TPSA) is 59.8 Å². The summed E-state index contributed by atoms with van der Waals surface area (Å²) in [5, 5.41) is 11.6. The zero-order valence-corrected chi connectivity index (χ0v) is 12.3. The lowest BCUT2D eigenvalue weighted by Crippen LogP contribution is -2.19. The van der Waals surface area contributed by atoms with Crippen LogP contribution >= 0.6 is 23.2 Å². The molecule has 0 fully saturated rings. The number of anilines is 1. The van der Waals surface area contributed by atoms with Crippen molar-refractivity contribution in [3.05, 3.63) is 52.5 Å². The second-order valence-electron chi connectivity index (χ2n) is 4.41. The lowest BCUT2D eigenvalue weighted by molar-refractivity contribution is -0.116. The van der Waals surface area contributed by atoms with Crippen LogP contribution in [0.2, 0.25) is 10.0 Å². The Bertz CT molecular complexity index is 816. The Morgan fingerprint density at radius 2 is 2.00 bits per heavy atom. The first-order valence-electron chi connectivity index (χ1n) is 6.16. The summed E-state index contributed by atoms with van der Waals surface area (Å²) in [7, 11) is 0. The molecule has 0 radical (unpaired) electrons. The largest absolute Gasteiger partial charge is 0.323 e. The van der Waals surface area contributed by atoms with Gasteiger partial charge < -0.3 is 5.32 Å². The average molecular weight is 321 g/mol. The van der Waals surface area contributed by atoms with Crippen molar-refractivity contribution in [1.29, 1.82) is 0 Å². The molecule has 5 nitrogen and oxygen atoms in total. The molecule has 21 heavy (non-hydrogen) atoms. The third-order valence-corrected chi connectivity index (χ3v) is 3.47. The average Bonchev–Trinajstić information content (AvgIpc) is 2.85. The Morgan fingerprint density at radius 1 is 1.19 bits per heavy atom. The van der Waals surface area contributed by atoms with Gasteiger partial charge in [-0.15, -0.1) is 5.10 Å². The summed E-state index contributed by atoms with van der Waals surface area (Å²) in [4.78, 5) is 12.1. The quantitative estimate of drug-likeness (QED) is 0.804. The Morgan fingerprint density at radius 3 is 2.81 bits per heavy atom. The molecule has 1 amide bonds. The fraction of sp³-hybridized carbons (Fsp3) is 0.0714. The van der Waals surface area contributed by atoms with Gasteiger partial charge in [-0.3, -0.25) is 4.79 Å². The van der Waals surface area contributed by atoms with Crippen molar-refractivity contribution in [2.45, 2.75) is 6.54 Å². The van der Waals surface area contributed by atoms with Crippen LogP contribution in [0.3, 0.4) is 0 Å². The van der Waals surface area contributed by atoms with E-state index < -0.39 is 0 Å². The summed E-state index contributed by atoms with van der Waals surface area (Å²) < 4.78 is 1.54. The molecule has 2 aromatic carbocycles. The highest BCUT2D eigenvalue weighted by Gasteiger charge is 2.10. The van der Waals surface area contributed by atoms with E-state index in [1.165, 1.54) is 4.68 Å². The zero-order valence-electron chi connectivity index (χ0n) is 10.8. The second kappa shape index (κ2) is 5.71. The SMILES string of the molecule is O=C(Cn1nnc2ccccc21)Nc1ccc(Cl)cc1Cl. The number of carbonyl (C=O) groups excluding carboxylic acids is 1. The molecule has 1 N–H and O–H groups in total. The van der Waals surface area contributed by atoms with E-state index in [0.717, 1.165) is 11.0 Å². The maximum atomic E-state index is 12.1. The van der Waals surface area contributed by atoms with Gasteiger partial charge in [-0.2, -0.15) is 0 Å². The van der Waals surface area contributed by atoms with E-state index in [0.29, 0.717) is 15.7 Å². The number of para-hydroxylation sites is 1. The van der Waals surface area contributed by atoms with Crippen molar-refractivity contribution in [3.8, 4) is 0 Å². The molecule has 3 rings (SSSR count). The van der Waals surface area contributed by atoms with Gasteiger partial charge >= 0.3 is 0 Å². The van der Waals surface area contributed by atoms with Crippen molar-refractivity contribution < 1.29 is 4.79 Å². The van der Waals surface area contributed by atoms with Crippen LogP contribution in [0.25, 0.3) is 11.0 Å². The Hall–Kier alpha value is -2.11. The Labute approximate surface area is 130 Å². The number of nitrogens with zero attached hydrogens (tertiary/aromatic N) is 3. The lowest BCUT2D eigenvalue weighted by Gasteiger charge is -2.07. The number of rotatable bonds is 3. The van der Waals surface area contributed by atoms with E-state index in [4.69, 9.17) is 23.2 Å². The van der Waals surface area contributed by atoms with Gasteiger partial charge in [0.05, 0.1) is 16.2 Å². The number of aromatic nitrogens is 3. The fourth-order valence-corrected chi connectivity index (χ4v) is 2.41. The summed E-state index contributed by atoms with van der Waals surface area (Å²) in [6.45, 7) is 0.0550. The lowest BCUT2D eigenvalue weighted by atomic mass is 10.3. The smallest absolute Gasteiger partial charge is 0.246 e. The van der Waals surface area contributed by atoms with E-state index in [2.05, 4.69) is 15.6 Å². The third-order valence-electron chi connectivity index (χ3n) is 2.92. The minimum Gasteiger partial charge on any atom is -0.323 e. The molecule has 3 aromatic rings. The van der Waals surface area contributed by atoms with E-state index in [1.54, 1.807) is 18.2 Å². The van der Waals surface area contributed by atoms with Crippen molar-refractivity contribution in [1.82, 2.24) is 15.0 Å². The van der Waals surface area contributed by atoms with E-state index in [-0.39, 0.29) is 12.5 Å². The maximum Gasteiger partial charge on any atom is 0.246 e. The first-order valence-corrected chi connectivity index (χ1v) is 6.92. The third kappa shape index (κ3) is 2.99. The summed E-state index contributed by atoms with van der Waals surface area (Å²) in [5.74, 6) is -0.241. The molecule has 0 saturated carbocycles. The van der Waals surface area contributed by atoms with Gasteiger partial charge in [-0.05, 0) is 30.3 Å². The molecule has 0 unspecified atom stereocenters. The molecular formula is C14H10Cl2N4O. The Kier molecular flexibility index (Phi) is 3.77. The van der Waals surface area contributed by atoms with Crippen LogP contribution < -0.4 is 5.32 Å². The molecule has 0 bridgehead atoms. The highest BCUT2D eigenvalue weighted by Crippen LogP contribution is 2.25. The van der Waals surface area contributed by atoms with Crippen molar-refractivity contribution in [2.75, 3.05) is 5.32 Å². The fourth-order valence-electron chi connectivity index (χ4n) is 1.95. The van der Waals surface area contributed by atoms with Crippen molar-refractivity contribution in [2.24, 2.45) is 0 Å². The van der Waals surface area contributed by atoms with Gasteiger partial charge in [0.1, 0.15) is 12.1 Å². The Balaban J connectivity index is 1.77. The number of carbonyl (C=O) groups is 1. The van der Waals surface area contributed by atoms with Crippen LogP contribution in [-0.2, 0) is 11.3 Å². The first-order chi connectivity index (χ1) is 10.1. The minimum atomic E-state index is -0.241. The molecule has 1 heterocycles. The van der Waals surface area contributed by atoms with Crippen LogP contribution in [0.4, 0.5) is 5.69 Å². The van der Waals surface area contributed by atoms with E-state index in [9.17, 15) is 4.79 Å². The van der Waals surface area contributed by atoms with Gasteiger partial charge in [0.2, 0.25) is 5.91 Å². The molecular weight excluding hydrogens is 311 g/mol. The number of halogens is 2. The summed E-state index contributed by atoms with van der Waals surface area (Å²) >= 11 is 11.8. The summed E-state index contributed by atoms with van der Waals surface area (Å²) in [6.07, 6.45) is 0. The van der Waals surface area contributed by atoms with Crippen LogP contribution in [0.15, 0.2) is 42.5 Å². The second-order valence-corrected chi connectivity index (χ2v) is 5.25. The molecule has 0 atom stereocenters. The van der Waals surface area contributed by atoms with Gasteiger partial charge in [-0.25, -0.2) is 4.68 Å². The summed E-state index contributed by atoms with van der Waals surface area (Å²) in [5.41, 5.74) is 2.06. The number of hydrogen-bond donors (Lipinski definition) is 1. The molecule has 0 aliphatic carbocycles. The van der Waals surface area contributed by atoms with Crippen LogP contribution in [0, 0.1) is 0 Å². The maximum absolute atomic E-state index is 12.1. The first kappa shape index (κ1) is 13.9. The van der Waals surface area contributed by atoms with Crippen LogP contribution in [-0.4, -0.2) is 20.9 Å². The molecule has 0 aliphatic rings. The normalized spacial score (nSPS) is 10.8. The van der Waals surface area contributed by atoms with Crippen LogP contribution in [0.5, 0.6) is 0 Å². The van der Waals surface area contributed by atoms with Gasteiger partial charge in [0, 0.05) is 5.02 Å². The number of nitrogens with one attached hydrogen (secondary N) is 1.